The molecule has 0 amide bonds. The molecular formula is C14H15ClN2O5S2. The number of benzene rings is 1. The third-order valence-electron chi connectivity index (χ3n) is 3.30. The Morgan fingerprint density at radius 2 is 2.04 bits per heavy atom. The summed E-state index contributed by atoms with van der Waals surface area (Å²) in [5.41, 5.74) is -0.395. The zero-order valence-electron chi connectivity index (χ0n) is 12.9. The molecular weight excluding hydrogens is 376 g/mol. The van der Waals surface area contributed by atoms with Gasteiger partial charge in [-0.3, -0.25) is 10.1 Å². The van der Waals surface area contributed by atoms with E-state index >= 15 is 0 Å². The minimum Gasteiger partial charge on any atom is -0.490 e. The molecule has 0 spiro atoms. The lowest BCUT2D eigenvalue weighted by atomic mass is 10.3. The first-order chi connectivity index (χ1) is 11.3. The van der Waals surface area contributed by atoms with Crippen molar-refractivity contribution in [3.63, 3.8) is 0 Å². The van der Waals surface area contributed by atoms with Gasteiger partial charge in [0.1, 0.15) is 0 Å². The second-order valence-electron chi connectivity index (χ2n) is 4.73. The fraction of sp³-hybridized carbons (Fsp3) is 0.286. The molecule has 1 heterocycles. The van der Waals surface area contributed by atoms with Gasteiger partial charge in [0.05, 0.1) is 21.3 Å². The molecule has 1 aromatic heterocycles. The van der Waals surface area contributed by atoms with Crippen molar-refractivity contribution in [1.82, 2.24) is 4.31 Å². The third-order valence-corrected chi connectivity index (χ3v) is 6.43. The highest BCUT2D eigenvalue weighted by Crippen LogP contribution is 2.31. The highest BCUT2D eigenvalue weighted by molar-refractivity contribution is 7.89. The van der Waals surface area contributed by atoms with Crippen molar-refractivity contribution >= 4 is 38.6 Å². The van der Waals surface area contributed by atoms with E-state index in [-0.39, 0.29) is 23.7 Å². The monoisotopic (exact) mass is 390 g/mol. The molecule has 0 saturated heterocycles. The first-order valence-corrected chi connectivity index (χ1v) is 9.49. The second-order valence-corrected chi connectivity index (χ2v) is 8.47. The largest absolute Gasteiger partial charge is 0.490 e. The van der Waals surface area contributed by atoms with Gasteiger partial charge in [-0.25, -0.2) is 8.42 Å². The molecule has 0 atom stereocenters. The minimum atomic E-state index is -3.88. The Morgan fingerprint density at radius 3 is 2.54 bits per heavy atom. The van der Waals surface area contributed by atoms with E-state index in [1.54, 1.807) is 19.1 Å². The fourth-order valence-electron chi connectivity index (χ4n) is 2.10. The number of nitro groups is 1. The Hall–Kier alpha value is -1.68. The summed E-state index contributed by atoms with van der Waals surface area (Å²) in [6.45, 7) is 2.07. The molecule has 10 heteroatoms. The van der Waals surface area contributed by atoms with Gasteiger partial charge in [-0.05, 0) is 24.3 Å². The van der Waals surface area contributed by atoms with Crippen molar-refractivity contribution in [3.8, 4) is 5.75 Å². The van der Waals surface area contributed by atoms with Gasteiger partial charge in [0.25, 0.3) is 0 Å². The molecule has 0 aliphatic rings. The maximum Gasteiger partial charge on any atom is 0.312 e. The molecule has 24 heavy (non-hydrogen) atoms. The number of ether oxygens (including phenoxy) is 1. The lowest BCUT2D eigenvalue weighted by Gasteiger charge is -2.20. The lowest BCUT2D eigenvalue weighted by molar-refractivity contribution is -0.386. The molecule has 2 aromatic rings. The van der Waals surface area contributed by atoms with Crippen molar-refractivity contribution in [2.75, 3.05) is 13.7 Å². The van der Waals surface area contributed by atoms with Crippen LogP contribution in [0.25, 0.3) is 0 Å². The molecule has 130 valence electrons. The maximum atomic E-state index is 12.8. The van der Waals surface area contributed by atoms with Crippen molar-refractivity contribution in [1.29, 1.82) is 0 Å². The van der Waals surface area contributed by atoms with Crippen LogP contribution in [0.2, 0.25) is 4.34 Å². The van der Waals surface area contributed by atoms with Crippen LogP contribution in [0.3, 0.4) is 0 Å². The summed E-state index contributed by atoms with van der Waals surface area (Å²) in [6.07, 6.45) is 0. The molecule has 0 unspecified atom stereocenters. The van der Waals surface area contributed by atoms with Gasteiger partial charge in [0.15, 0.2) is 5.75 Å². The smallest absolute Gasteiger partial charge is 0.312 e. The number of rotatable bonds is 7. The average molecular weight is 391 g/mol. The second kappa shape index (κ2) is 7.47. The van der Waals surface area contributed by atoms with E-state index in [0.717, 1.165) is 10.9 Å². The quantitative estimate of drug-likeness (QED) is 0.532. The van der Waals surface area contributed by atoms with Crippen LogP contribution in [0, 0.1) is 10.1 Å². The molecule has 2 rings (SSSR count). The summed E-state index contributed by atoms with van der Waals surface area (Å²) >= 11 is 7.16. The number of nitro benzene ring substituents is 1. The van der Waals surface area contributed by atoms with Crippen LogP contribution in [-0.4, -0.2) is 31.3 Å². The van der Waals surface area contributed by atoms with Crippen LogP contribution >= 0.6 is 22.9 Å². The van der Waals surface area contributed by atoms with E-state index in [1.807, 2.05) is 0 Å². The van der Waals surface area contributed by atoms with Crippen LogP contribution in [-0.2, 0) is 16.6 Å². The number of nitrogens with zero attached hydrogens (tertiary/aromatic N) is 2. The van der Waals surface area contributed by atoms with Gasteiger partial charge in [0.2, 0.25) is 10.0 Å². The SMILES string of the molecule is CCN(Cc1ccc(Cl)s1)S(=O)(=O)c1ccc(OC)c([N+](=O)[O-])c1. The molecule has 1 aromatic carbocycles. The normalized spacial score (nSPS) is 11.7. The van der Waals surface area contributed by atoms with Crippen molar-refractivity contribution in [2.45, 2.75) is 18.4 Å². The van der Waals surface area contributed by atoms with Gasteiger partial charge >= 0.3 is 5.69 Å². The number of halogens is 1. The van der Waals surface area contributed by atoms with Gasteiger partial charge in [0, 0.05) is 24.0 Å². The van der Waals surface area contributed by atoms with E-state index in [1.165, 1.54) is 34.9 Å². The number of hydrogen-bond acceptors (Lipinski definition) is 6. The van der Waals surface area contributed by atoms with Crippen molar-refractivity contribution in [3.05, 3.63) is 49.7 Å². The summed E-state index contributed by atoms with van der Waals surface area (Å²) < 4.78 is 32.3. The number of hydrogen-bond donors (Lipinski definition) is 0. The molecule has 0 saturated carbocycles. The Balaban J connectivity index is 2.40. The van der Waals surface area contributed by atoms with Crippen LogP contribution in [0.15, 0.2) is 35.2 Å². The van der Waals surface area contributed by atoms with E-state index in [0.29, 0.717) is 4.34 Å². The Bertz CT molecular complexity index is 851. The fourth-order valence-corrected chi connectivity index (χ4v) is 4.73. The molecule has 7 nitrogen and oxygen atoms in total. The highest BCUT2D eigenvalue weighted by atomic mass is 35.5. The van der Waals surface area contributed by atoms with E-state index in [9.17, 15) is 18.5 Å². The average Bonchev–Trinajstić information content (AvgIpc) is 2.96. The van der Waals surface area contributed by atoms with E-state index in [2.05, 4.69) is 0 Å². The summed E-state index contributed by atoms with van der Waals surface area (Å²) in [5.74, 6) is 0.00652. The van der Waals surface area contributed by atoms with Gasteiger partial charge in [-0.15, -0.1) is 11.3 Å². The minimum absolute atomic E-state index is 0.00652. The van der Waals surface area contributed by atoms with E-state index < -0.39 is 20.6 Å². The lowest BCUT2D eigenvalue weighted by Crippen LogP contribution is -2.30. The van der Waals surface area contributed by atoms with Gasteiger partial charge in [-0.2, -0.15) is 4.31 Å². The van der Waals surface area contributed by atoms with Gasteiger partial charge in [-0.1, -0.05) is 18.5 Å². The molecule has 0 radical (unpaired) electrons. The maximum absolute atomic E-state index is 12.8. The van der Waals surface area contributed by atoms with Crippen LogP contribution < -0.4 is 4.74 Å². The van der Waals surface area contributed by atoms with Gasteiger partial charge < -0.3 is 4.74 Å². The molecule has 0 N–H and O–H groups in total. The van der Waals surface area contributed by atoms with Crippen LogP contribution in [0.4, 0.5) is 5.69 Å². The van der Waals surface area contributed by atoms with Crippen molar-refractivity contribution < 1.29 is 18.1 Å². The van der Waals surface area contributed by atoms with E-state index in [4.69, 9.17) is 16.3 Å². The predicted octanol–water partition coefficient (Wildman–Crippen LogP) is 3.53. The number of thiophene rings is 1. The Labute approximate surface area is 148 Å². The first kappa shape index (κ1) is 18.7. The summed E-state index contributed by atoms with van der Waals surface area (Å²) in [5, 5.41) is 11.1. The standard InChI is InChI=1S/C14H15ClN2O5S2/c1-3-16(9-10-4-7-14(15)23-10)24(20,21)11-5-6-13(22-2)12(8-11)17(18)19/h4-8H,3,9H2,1-2H3. The summed E-state index contributed by atoms with van der Waals surface area (Å²) in [6, 6.07) is 7.03. The molecule has 0 bridgehead atoms. The van der Waals surface area contributed by atoms with Crippen LogP contribution in [0.5, 0.6) is 5.75 Å². The first-order valence-electron chi connectivity index (χ1n) is 6.86. The zero-order valence-corrected chi connectivity index (χ0v) is 15.3. The summed E-state index contributed by atoms with van der Waals surface area (Å²) in [7, 11) is -2.60. The Kier molecular flexibility index (Phi) is 5.81. The number of methoxy groups -OCH3 is 1. The topological polar surface area (TPSA) is 89.8 Å². The third kappa shape index (κ3) is 3.86. The summed E-state index contributed by atoms with van der Waals surface area (Å²) in [4.78, 5) is 11.1. The van der Waals surface area contributed by atoms with Crippen molar-refractivity contribution in [2.24, 2.45) is 0 Å². The zero-order chi connectivity index (χ0) is 17.9. The molecule has 0 aliphatic carbocycles. The predicted molar refractivity (Wildman–Crippen MR) is 92.2 cm³/mol. The molecule has 0 aliphatic heterocycles. The highest BCUT2D eigenvalue weighted by Gasteiger charge is 2.27. The van der Waals surface area contributed by atoms with Crippen LogP contribution in [0.1, 0.15) is 11.8 Å². The molecule has 0 fully saturated rings. The Morgan fingerprint density at radius 1 is 1.33 bits per heavy atom. The number of sulfonamides is 1.